The maximum absolute atomic E-state index is 12.1. The summed E-state index contributed by atoms with van der Waals surface area (Å²) in [5.74, 6) is -0.424. The minimum Gasteiger partial charge on any atom is -0.454 e. The van der Waals surface area contributed by atoms with Gasteiger partial charge in [-0.3, -0.25) is 4.79 Å². The van der Waals surface area contributed by atoms with Crippen LogP contribution >= 0.6 is 0 Å². The molecule has 2 aromatic carbocycles. The number of hydrogen-bond acceptors (Lipinski definition) is 4. The van der Waals surface area contributed by atoms with E-state index in [0.717, 1.165) is 6.42 Å². The zero-order valence-corrected chi connectivity index (χ0v) is 13.8. The summed E-state index contributed by atoms with van der Waals surface area (Å²) in [6.45, 7) is 3.93. The Bertz CT molecular complexity index is 772. The molecule has 0 aliphatic carbocycles. The Morgan fingerprint density at radius 2 is 1.83 bits per heavy atom. The van der Waals surface area contributed by atoms with E-state index in [0.29, 0.717) is 17.0 Å². The van der Waals surface area contributed by atoms with Crippen LogP contribution in [0.1, 0.15) is 58.0 Å². The summed E-state index contributed by atoms with van der Waals surface area (Å²) in [6.07, 6.45) is 1.03. The van der Waals surface area contributed by atoms with Crippen molar-refractivity contribution in [1.82, 2.24) is 0 Å². The van der Waals surface area contributed by atoms with Gasteiger partial charge in [0.05, 0.1) is 17.2 Å². The number of ether oxygens (including phenoxy) is 1. The molecule has 0 spiro atoms. The van der Waals surface area contributed by atoms with E-state index in [1.54, 1.807) is 30.3 Å². The van der Waals surface area contributed by atoms with Crippen LogP contribution in [0.5, 0.6) is 0 Å². The van der Waals surface area contributed by atoms with Crippen LogP contribution in [-0.2, 0) is 4.74 Å². The van der Waals surface area contributed by atoms with Gasteiger partial charge in [0.2, 0.25) is 0 Å². The summed E-state index contributed by atoms with van der Waals surface area (Å²) in [7, 11) is 0. The first kappa shape index (κ1) is 17.4. The minimum absolute atomic E-state index is 0.254. The standard InChI is InChI=1S/C20H19NO3/c1-3-14(2)16-7-9-17(10-8-16)19(22)13-24-20(23)18-6-4-5-15(11-18)12-21/h4-11,14H,3,13H2,1-2H3/t14-/m0/s1. The van der Waals surface area contributed by atoms with Crippen molar-refractivity contribution in [3.8, 4) is 6.07 Å². The van der Waals surface area contributed by atoms with Gasteiger partial charge in [0.1, 0.15) is 0 Å². The predicted octanol–water partition coefficient (Wildman–Crippen LogP) is 4.11. The van der Waals surface area contributed by atoms with E-state index in [-0.39, 0.29) is 18.0 Å². The van der Waals surface area contributed by atoms with Crippen LogP contribution in [0.25, 0.3) is 0 Å². The van der Waals surface area contributed by atoms with Crippen LogP contribution < -0.4 is 0 Å². The van der Waals surface area contributed by atoms with Crippen LogP contribution in [0.2, 0.25) is 0 Å². The maximum atomic E-state index is 12.1. The first-order chi connectivity index (χ1) is 11.5. The van der Waals surface area contributed by atoms with Gasteiger partial charge in [0.15, 0.2) is 12.4 Å². The molecule has 2 aromatic rings. The van der Waals surface area contributed by atoms with Crippen molar-refractivity contribution in [3.63, 3.8) is 0 Å². The summed E-state index contributed by atoms with van der Waals surface area (Å²) < 4.78 is 5.04. The second-order valence-corrected chi connectivity index (χ2v) is 5.62. The molecule has 24 heavy (non-hydrogen) atoms. The molecule has 0 aromatic heterocycles. The van der Waals surface area contributed by atoms with Crippen LogP contribution in [0.15, 0.2) is 48.5 Å². The number of nitriles is 1. The highest BCUT2D eigenvalue weighted by Gasteiger charge is 2.13. The summed E-state index contributed by atoms with van der Waals surface area (Å²) in [6, 6.07) is 15.5. The van der Waals surface area contributed by atoms with Gasteiger partial charge < -0.3 is 4.74 Å². The first-order valence-electron chi connectivity index (χ1n) is 7.85. The maximum Gasteiger partial charge on any atom is 0.338 e. The van der Waals surface area contributed by atoms with Gasteiger partial charge in [-0.25, -0.2) is 4.79 Å². The summed E-state index contributed by atoms with van der Waals surface area (Å²) in [5.41, 5.74) is 2.32. The molecule has 1 atom stereocenters. The number of carbonyl (C=O) groups excluding carboxylic acids is 2. The molecule has 4 nitrogen and oxygen atoms in total. The van der Waals surface area contributed by atoms with Crippen molar-refractivity contribution in [1.29, 1.82) is 5.26 Å². The number of benzene rings is 2. The Morgan fingerprint density at radius 3 is 2.46 bits per heavy atom. The Balaban J connectivity index is 1.97. The van der Waals surface area contributed by atoms with Gasteiger partial charge in [-0.2, -0.15) is 5.26 Å². The molecule has 0 N–H and O–H groups in total. The summed E-state index contributed by atoms with van der Waals surface area (Å²) in [5, 5.41) is 8.83. The third kappa shape index (κ3) is 4.30. The molecular formula is C20H19NO3. The molecule has 2 rings (SSSR count). The fourth-order valence-electron chi connectivity index (χ4n) is 2.25. The highest BCUT2D eigenvalue weighted by molar-refractivity contribution is 5.99. The molecule has 0 radical (unpaired) electrons. The molecule has 0 amide bonds. The highest BCUT2D eigenvalue weighted by atomic mass is 16.5. The predicted molar refractivity (Wildman–Crippen MR) is 90.9 cm³/mol. The van der Waals surface area contributed by atoms with Gasteiger partial charge in [-0.15, -0.1) is 0 Å². The van der Waals surface area contributed by atoms with E-state index in [4.69, 9.17) is 10.00 Å². The molecule has 0 bridgehead atoms. The summed E-state index contributed by atoms with van der Waals surface area (Å²) in [4.78, 5) is 24.1. The highest BCUT2D eigenvalue weighted by Crippen LogP contribution is 2.19. The average molecular weight is 321 g/mol. The summed E-state index contributed by atoms with van der Waals surface area (Å²) >= 11 is 0. The lowest BCUT2D eigenvalue weighted by Crippen LogP contribution is -2.14. The second-order valence-electron chi connectivity index (χ2n) is 5.62. The van der Waals surface area contributed by atoms with Gasteiger partial charge >= 0.3 is 5.97 Å². The smallest absolute Gasteiger partial charge is 0.338 e. The van der Waals surface area contributed by atoms with E-state index in [1.807, 2.05) is 18.2 Å². The average Bonchev–Trinajstić information content (AvgIpc) is 2.65. The lowest BCUT2D eigenvalue weighted by molar-refractivity contribution is 0.0474. The molecule has 4 heteroatoms. The molecular weight excluding hydrogens is 302 g/mol. The van der Waals surface area contributed by atoms with Crippen molar-refractivity contribution in [2.75, 3.05) is 6.61 Å². The number of nitrogens with zero attached hydrogens (tertiary/aromatic N) is 1. The number of esters is 1. The lowest BCUT2D eigenvalue weighted by atomic mass is 9.97. The third-order valence-electron chi connectivity index (χ3n) is 3.98. The van der Waals surface area contributed by atoms with Crippen LogP contribution in [0.3, 0.4) is 0 Å². The zero-order valence-electron chi connectivity index (χ0n) is 13.8. The Hall–Kier alpha value is -2.93. The van der Waals surface area contributed by atoms with Crippen LogP contribution in [0, 0.1) is 11.3 Å². The molecule has 0 saturated heterocycles. The number of rotatable bonds is 6. The largest absolute Gasteiger partial charge is 0.454 e. The monoisotopic (exact) mass is 321 g/mol. The molecule has 0 saturated carbocycles. The molecule has 122 valence electrons. The van der Waals surface area contributed by atoms with Crippen molar-refractivity contribution < 1.29 is 14.3 Å². The first-order valence-corrected chi connectivity index (χ1v) is 7.85. The molecule has 0 aliphatic heterocycles. The van der Waals surface area contributed by atoms with Crippen molar-refractivity contribution in [3.05, 3.63) is 70.8 Å². The van der Waals surface area contributed by atoms with E-state index in [1.165, 1.54) is 11.6 Å². The van der Waals surface area contributed by atoms with Crippen LogP contribution in [-0.4, -0.2) is 18.4 Å². The van der Waals surface area contributed by atoms with Gasteiger partial charge in [-0.1, -0.05) is 44.2 Å². The Morgan fingerprint density at radius 1 is 1.12 bits per heavy atom. The van der Waals surface area contributed by atoms with Gasteiger partial charge in [0, 0.05) is 5.56 Å². The van der Waals surface area contributed by atoms with E-state index < -0.39 is 5.97 Å². The van der Waals surface area contributed by atoms with Crippen molar-refractivity contribution in [2.45, 2.75) is 26.2 Å². The molecule has 0 fully saturated rings. The van der Waals surface area contributed by atoms with Gasteiger partial charge in [0.25, 0.3) is 0 Å². The Kier molecular flexibility index (Phi) is 5.86. The van der Waals surface area contributed by atoms with Gasteiger partial charge in [-0.05, 0) is 36.1 Å². The van der Waals surface area contributed by atoms with Crippen LogP contribution in [0.4, 0.5) is 0 Å². The van der Waals surface area contributed by atoms with E-state index >= 15 is 0 Å². The molecule has 0 aliphatic rings. The van der Waals surface area contributed by atoms with Crippen molar-refractivity contribution in [2.24, 2.45) is 0 Å². The Labute approximate surface area is 141 Å². The minimum atomic E-state index is -0.614. The SMILES string of the molecule is CC[C@H](C)c1ccc(C(=O)COC(=O)c2cccc(C#N)c2)cc1. The number of hydrogen-bond donors (Lipinski definition) is 0. The molecule has 0 unspecified atom stereocenters. The second kappa shape index (κ2) is 8.07. The van der Waals surface area contributed by atoms with Crippen molar-refractivity contribution >= 4 is 11.8 Å². The third-order valence-corrected chi connectivity index (χ3v) is 3.98. The lowest BCUT2D eigenvalue weighted by Gasteiger charge is -2.09. The van der Waals surface area contributed by atoms with E-state index in [9.17, 15) is 9.59 Å². The quantitative estimate of drug-likeness (QED) is 0.593. The molecule has 0 heterocycles. The number of ketones is 1. The topological polar surface area (TPSA) is 67.2 Å². The number of Topliss-reactive ketones (excluding diaryl/α,β-unsaturated/α-hetero) is 1. The normalized spacial score (nSPS) is 11.4. The number of carbonyl (C=O) groups is 2. The fourth-order valence-corrected chi connectivity index (χ4v) is 2.25. The zero-order chi connectivity index (χ0) is 17.5. The fraction of sp³-hybridized carbons (Fsp3) is 0.250. The van der Waals surface area contributed by atoms with E-state index in [2.05, 4.69) is 13.8 Å².